The minimum atomic E-state index is -0.156. The summed E-state index contributed by atoms with van der Waals surface area (Å²) in [4.78, 5) is 11.1. The molecular formula is C10H19NO2. The van der Waals surface area contributed by atoms with E-state index in [2.05, 4.69) is 0 Å². The first-order valence-corrected chi connectivity index (χ1v) is 4.60. The van der Waals surface area contributed by atoms with E-state index in [9.17, 15) is 4.79 Å². The molecule has 0 atom stereocenters. The number of unbranched alkanes of at least 4 members (excludes halogenated alkanes) is 1. The second-order valence-electron chi connectivity index (χ2n) is 4.32. The summed E-state index contributed by atoms with van der Waals surface area (Å²) in [5, 5.41) is 6.77. The van der Waals surface area contributed by atoms with E-state index in [-0.39, 0.29) is 11.4 Å². The van der Waals surface area contributed by atoms with Crippen LogP contribution in [0, 0.1) is 10.8 Å². The first kappa shape index (κ1) is 12.1. The minimum absolute atomic E-state index is 0.0389. The third kappa shape index (κ3) is 9.05. The molecule has 0 aliphatic heterocycles. The summed E-state index contributed by atoms with van der Waals surface area (Å²) in [5.74, 6) is -0.156. The summed E-state index contributed by atoms with van der Waals surface area (Å²) in [5.41, 5.74) is 0.0389. The quantitative estimate of drug-likeness (QED) is 0.406. The predicted molar refractivity (Wildman–Crippen MR) is 53.0 cm³/mol. The Morgan fingerprint density at radius 3 is 2.54 bits per heavy atom. The van der Waals surface area contributed by atoms with Crippen molar-refractivity contribution < 1.29 is 9.53 Å². The molecule has 0 fully saturated rings. The fourth-order valence-corrected chi connectivity index (χ4v) is 0.718. The standard InChI is InChI=1S/C10H19NO2/c1-10(2,3)8-13-9(12)6-4-5-7-11/h7,11H,4-6,8H2,1-3H3. The van der Waals surface area contributed by atoms with Crippen LogP contribution in [0.2, 0.25) is 0 Å². The lowest BCUT2D eigenvalue weighted by Crippen LogP contribution is -2.18. The van der Waals surface area contributed by atoms with Crippen LogP contribution in [0.5, 0.6) is 0 Å². The van der Waals surface area contributed by atoms with E-state index in [1.165, 1.54) is 6.21 Å². The van der Waals surface area contributed by atoms with Gasteiger partial charge in [-0.05, 0) is 24.5 Å². The Kier molecular flexibility index (Phi) is 5.35. The normalized spacial score (nSPS) is 11.0. The number of nitrogens with one attached hydrogen (secondary N) is 1. The molecule has 0 unspecified atom stereocenters. The lowest BCUT2D eigenvalue weighted by atomic mass is 9.99. The summed E-state index contributed by atoms with van der Waals surface area (Å²) in [6, 6.07) is 0. The third-order valence-corrected chi connectivity index (χ3v) is 1.40. The zero-order chi connectivity index (χ0) is 10.3. The summed E-state index contributed by atoms with van der Waals surface area (Å²) >= 11 is 0. The van der Waals surface area contributed by atoms with E-state index in [0.717, 1.165) is 0 Å². The van der Waals surface area contributed by atoms with Gasteiger partial charge in [0, 0.05) is 6.42 Å². The molecule has 0 aromatic carbocycles. The van der Waals surface area contributed by atoms with E-state index < -0.39 is 0 Å². The lowest BCUT2D eigenvalue weighted by Gasteiger charge is -2.17. The largest absolute Gasteiger partial charge is 0.465 e. The first-order chi connectivity index (χ1) is 5.95. The SMILES string of the molecule is CC(C)(C)COC(=O)CCCC=N. The molecule has 0 saturated heterocycles. The van der Waals surface area contributed by atoms with Crippen LogP contribution in [0.1, 0.15) is 40.0 Å². The Hall–Kier alpha value is -0.860. The predicted octanol–water partition coefficient (Wildman–Crippen LogP) is 2.40. The molecule has 3 nitrogen and oxygen atoms in total. The summed E-state index contributed by atoms with van der Waals surface area (Å²) < 4.78 is 5.04. The topological polar surface area (TPSA) is 50.2 Å². The van der Waals surface area contributed by atoms with Crippen molar-refractivity contribution in [2.24, 2.45) is 5.41 Å². The van der Waals surface area contributed by atoms with Gasteiger partial charge in [-0.25, -0.2) is 0 Å². The molecule has 0 spiro atoms. The number of hydrogen-bond donors (Lipinski definition) is 1. The van der Waals surface area contributed by atoms with Crippen molar-refractivity contribution in [1.82, 2.24) is 0 Å². The first-order valence-electron chi connectivity index (χ1n) is 4.60. The molecule has 0 radical (unpaired) electrons. The van der Waals surface area contributed by atoms with Gasteiger partial charge in [-0.1, -0.05) is 20.8 Å². The van der Waals surface area contributed by atoms with Crippen LogP contribution < -0.4 is 0 Å². The number of carbonyl (C=O) groups excluding carboxylic acids is 1. The Labute approximate surface area is 80.0 Å². The van der Waals surface area contributed by atoms with Crippen LogP contribution in [-0.2, 0) is 9.53 Å². The molecule has 0 aromatic rings. The molecule has 0 saturated carbocycles. The number of ether oxygens (including phenoxy) is 1. The zero-order valence-corrected chi connectivity index (χ0v) is 8.72. The maximum atomic E-state index is 11.1. The monoisotopic (exact) mass is 185 g/mol. The molecule has 0 bridgehead atoms. The van der Waals surface area contributed by atoms with Crippen LogP contribution in [0.15, 0.2) is 0 Å². The second-order valence-corrected chi connectivity index (χ2v) is 4.32. The molecular weight excluding hydrogens is 166 g/mol. The van der Waals surface area contributed by atoms with Crippen molar-refractivity contribution in [3.63, 3.8) is 0 Å². The van der Waals surface area contributed by atoms with Crippen LogP contribution >= 0.6 is 0 Å². The van der Waals surface area contributed by atoms with Crippen molar-refractivity contribution in [3.05, 3.63) is 0 Å². The van der Waals surface area contributed by atoms with E-state index in [1.807, 2.05) is 20.8 Å². The van der Waals surface area contributed by atoms with Crippen molar-refractivity contribution in [2.75, 3.05) is 6.61 Å². The minimum Gasteiger partial charge on any atom is -0.465 e. The Morgan fingerprint density at radius 2 is 2.08 bits per heavy atom. The van der Waals surface area contributed by atoms with Gasteiger partial charge >= 0.3 is 5.97 Å². The molecule has 1 N–H and O–H groups in total. The van der Waals surface area contributed by atoms with E-state index in [4.69, 9.17) is 10.1 Å². The van der Waals surface area contributed by atoms with Crippen LogP contribution in [0.4, 0.5) is 0 Å². The van der Waals surface area contributed by atoms with Gasteiger partial charge < -0.3 is 10.1 Å². The fraction of sp³-hybridized carbons (Fsp3) is 0.800. The summed E-state index contributed by atoms with van der Waals surface area (Å²) in [7, 11) is 0. The van der Waals surface area contributed by atoms with Crippen molar-refractivity contribution >= 4 is 12.2 Å². The Morgan fingerprint density at radius 1 is 1.46 bits per heavy atom. The molecule has 0 aromatic heterocycles. The average molecular weight is 185 g/mol. The average Bonchev–Trinajstić information content (AvgIpc) is 2.00. The van der Waals surface area contributed by atoms with Gasteiger partial charge in [0.1, 0.15) is 0 Å². The molecule has 0 aliphatic carbocycles. The van der Waals surface area contributed by atoms with Crippen LogP contribution in [-0.4, -0.2) is 18.8 Å². The van der Waals surface area contributed by atoms with Crippen LogP contribution in [0.25, 0.3) is 0 Å². The summed E-state index contributed by atoms with van der Waals surface area (Å²) in [6.45, 7) is 6.55. The van der Waals surface area contributed by atoms with Crippen molar-refractivity contribution in [1.29, 1.82) is 5.41 Å². The van der Waals surface area contributed by atoms with Crippen LogP contribution in [0.3, 0.4) is 0 Å². The molecule has 13 heavy (non-hydrogen) atoms. The highest BCUT2D eigenvalue weighted by Gasteiger charge is 2.13. The van der Waals surface area contributed by atoms with Crippen molar-refractivity contribution in [3.8, 4) is 0 Å². The highest BCUT2D eigenvalue weighted by molar-refractivity contribution is 5.69. The fourth-order valence-electron chi connectivity index (χ4n) is 0.718. The maximum absolute atomic E-state index is 11.1. The second kappa shape index (κ2) is 5.73. The number of carbonyl (C=O) groups is 1. The van der Waals surface area contributed by atoms with Gasteiger partial charge in [0.2, 0.25) is 0 Å². The molecule has 0 amide bonds. The molecule has 3 heteroatoms. The number of rotatable bonds is 5. The van der Waals surface area contributed by atoms with Gasteiger partial charge in [0.05, 0.1) is 6.61 Å². The molecule has 0 aliphatic rings. The van der Waals surface area contributed by atoms with E-state index in [1.54, 1.807) is 0 Å². The molecule has 0 rings (SSSR count). The van der Waals surface area contributed by atoms with Gasteiger partial charge in [-0.15, -0.1) is 0 Å². The Balaban J connectivity index is 3.46. The van der Waals surface area contributed by atoms with E-state index >= 15 is 0 Å². The number of esters is 1. The maximum Gasteiger partial charge on any atom is 0.305 e. The highest BCUT2D eigenvalue weighted by atomic mass is 16.5. The Bertz CT molecular complexity index is 170. The molecule has 76 valence electrons. The lowest BCUT2D eigenvalue weighted by molar-refractivity contribution is -0.146. The number of hydrogen-bond acceptors (Lipinski definition) is 3. The van der Waals surface area contributed by atoms with Crippen molar-refractivity contribution in [2.45, 2.75) is 40.0 Å². The van der Waals surface area contributed by atoms with Gasteiger partial charge in [0.25, 0.3) is 0 Å². The smallest absolute Gasteiger partial charge is 0.305 e. The van der Waals surface area contributed by atoms with Gasteiger partial charge in [-0.2, -0.15) is 0 Å². The third-order valence-electron chi connectivity index (χ3n) is 1.40. The van der Waals surface area contributed by atoms with E-state index in [0.29, 0.717) is 25.9 Å². The highest BCUT2D eigenvalue weighted by Crippen LogP contribution is 2.13. The van der Waals surface area contributed by atoms with Gasteiger partial charge in [-0.3, -0.25) is 4.79 Å². The summed E-state index contributed by atoms with van der Waals surface area (Å²) in [6.07, 6.45) is 3.11. The molecule has 0 heterocycles. The zero-order valence-electron chi connectivity index (χ0n) is 8.72. The van der Waals surface area contributed by atoms with Gasteiger partial charge in [0.15, 0.2) is 0 Å².